The van der Waals surface area contributed by atoms with Crippen LogP contribution in [0, 0.1) is 27.7 Å². The molecule has 0 saturated heterocycles. The highest BCUT2D eigenvalue weighted by Crippen LogP contribution is 2.39. The molecule has 0 atom stereocenters. The Kier molecular flexibility index (Phi) is 6.26. The van der Waals surface area contributed by atoms with Crippen molar-refractivity contribution in [2.75, 3.05) is 0 Å². The lowest BCUT2D eigenvalue weighted by atomic mass is 9.98. The molecular weight excluding hydrogens is 631 g/mol. The summed E-state index contributed by atoms with van der Waals surface area (Å²) < 4.78 is 10.8. The number of fused-ring (bicyclic) bond motifs is 12. The maximum Gasteiger partial charge on any atom is 0.165 e. The molecule has 0 unspecified atom stereocenters. The van der Waals surface area contributed by atoms with Crippen LogP contribution in [0.25, 0.3) is 77.6 Å². The summed E-state index contributed by atoms with van der Waals surface area (Å²) in [5.41, 5.74) is 13.1. The van der Waals surface area contributed by atoms with Gasteiger partial charge < -0.3 is 4.74 Å². The lowest BCUT2D eigenvalue weighted by Crippen LogP contribution is -2.00. The number of aryl methyl sites for hydroxylation is 4. The van der Waals surface area contributed by atoms with Crippen molar-refractivity contribution in [3.63, 3.8) is 0 Å². The van der Waals surface area contributed by atoms with Crippen LogP contribution in [-0.2, 0) is 0 Å². The van der Waals surface area contributed by atoms with Gasteiger partial charge in [-0.2, -0.15) is 0 Å². The minimum absolute atomic E-state index is 0.700. The Labute approximate surface area is 292 Å². The Morgan fingerprint density at radius 3 is 1.88 bits per heavy atom. The van der Waals surface area contributed by atoms with E-state index in [2.05, 4.69) is 108 Å². The molecule has 6 aromatic heterocycles. The summed E-state index contributed by atoms with van der Waals surface area (Å²) in [6.45, 7) is 8.61. The van der Waals surface area contributed by atoms with Crippen molar-refractivity contribution in [1.82, 2.24) is 33.7 Å². The van der Waals surface area contributed by atoms with E-state index in [1.807, 2.05) is 41.1 Å². The Balaban J connectivity index is 1.19. The van der Waals surface area contributed by atoms with Crippen LogP contribution in [0.5, 0.6) is 11.5 Å². The number of aromatic nitrogens is 7. The van der Waals surface area contributed by atoms with Gasteiger partial charge in [0.15, 0.2) is 5.65 Å². The minimum Gasteiger partial charge on any atom is -0.457 e. The Hall–Kier alpha value is -6.67. The van der Waals surface area contributed by atoms with E-state index in [1.54, 1.807) is 18.6 Å². The van der Waals surface area contributed by atoms with Crippen molar-refractivity contribution >= 4 is 55.0 Å². The molecule has 10 rings (SSSR count). The van der Waals surface area contributed by atoms with Crippen LogP contribution in [0.4, 0.5) is 0 Å². The SMILES string of the molecule is Cc1cccc(C)c1-c1ccc2c3ccc(Oc4ccc5c(c4)c4nccn4c4nccnc54)cc3c3ncc(-c4c(C)cccc4C)n3c2n1. The topological polar surface area (TPSA) is 82.5 Å². The molecule has 244 valence electrons. The van der Waals surface area contributed by atoms with E-state index in [1.165, 1.54) is 22.3 Å². The largest absolute Gasteiger partial charge is 0.457 e. The molecule has 0 N–H and O–H groups in total. The molecule has 0 amide bonds. The van der Waals surface area contributed by atoms with Gasteiger partial charge in [0.2, 0.25) is 0 Å². The fourth-order valence-corrected chi connectivity index (χ4v) is 7.83. The second-order valence-electron chi connectivity index (χ2n) is 13.3. The average Bonchev–Trinajstić information content (AvgIpc) is 3.81. The number of hydrogen-bond donors (Lipinski definition) is 0. The minimum atomic E-state index is 0.700. The van der Waals surface area contributed by atoms with Gasteiger partial charge in [0.05, 0.1) is 17.6 Å². The van der Waals surface area contributed by atoms with Gasteiger partial charge in [-0.3, -0.25) is 13.8 Å². The Morgan fingerprint density at radius 1 is 0.510 bits per heavy atom. The third-order valence-corrected chi connectivity index (χ3v) is 10.1. The van der Waals surface area contributed by atoms with Crippen LogP contribution in [0.2, 0.25) is 0 Å². The van der Waals surface area contributed by atoms with E-state index in [-0.39, 0.29) is 0 Å². The average molecular weight is 662 g/mol. The number of imidazole rings is 2. The predicted octanol–water partition coefficient (Wildman–Crippen LogP) is 10.1. The molecule has 8 heteroatoms. The molecule has 0 aliphatic heterocycles. The number of benzene rings is 4. The van der Waals surface area contributed by atoms with Gasteiger partial charge in [0.1, 0.15) is 34.0 Å². The fraction of sp³-hybridized carbons (Fsp3) is 0.0930. The zero-order chi connectivity index (χ0) is 34.4. The van der Waals surface area contributed by atoms with Crippen LogP contribution < -0.4 is 4.74 Å². The summed E-state index contributed by atoms with van der Waals surface area (Å²) in [6, 6.07) is 29.4. The molecule has 0 fully saturated rings. The molecular formula is C43H31N7O. The van der Waals surface area contributed by atoms with Crippen LogP contribution >= 0.6 is 0 Å². The van der Waals surface area contributed by atoms with Crippen molar-refractivity contribution in [3.8, 4) is 34.0 Å². The van der Waals surface area contributed by atoms with Gasteiger partial charge in [-0.15, -0.1) is 0 Å². The first-order valence-corrected chi connectivity index (χ1v) is 17.0. The summed E-state index contributed by atoms with van der Waals surface area (Å²) in [6.07, 6.45) is 9.10. The quantitative estimate of drug-likeness (QED) is 0.175. The van der Waals surface area contributed by atoms with Crippen LogP contribution in [-0.4, -0.2) is 33.7 Å². The summed E-state index contributed by atoms with van der Waals surface area (Å²) in [5.74, 6) is 1.41. The zero-order valence-corrected chi connectivity index (χ0v) is 28.5. The summed E-state index contributed by atoms with van der Waals surface area (Å²) >= 11 is 0. The molecule has 8 nitrogen and oxygen atoms in total. The molecule has 4 aromatic carbocycles. The van der Waals surface area contributed by atoms with Gasteiger partial charge in [0, 0.05) is 57.5 Å². The summed E-state index contributed by atoms with van der Waals surface area (Å²) in [7, 11) is 0. The highest BCUT2D eigenvalue weighted by atomic mass is 16.5. The van der Waals surface area contributed by atoms with E-state index >= 15 is 0 Å². The first-order valence-electron chi connectivity index (χ1n) is 17.0. The molecule has 6 heterocycles. The predicted molar refractivity (Wildman–Crippen MR) is 204 cm³/mol. The molecule has 0 radical (unpaired) electrons. The summed E-state index contributed by atoms with van der Waals surface area (Å²) in [5, 5.41) is 5.00. The van der Waals surface area contributed by atoms with Crippen LogP contribution in [0.15, 0.2) is 116 Å². The van der Waals surface area contributed by atoms with Crippen LogP contribution in [0.3, 0.4) is 0 Å². The van der Waals surface area contributed by atoms with E-state index in [0.29, 0.717) is 11.5 Å². The first kappa shape index (κ1) is 29.3. The highest BCUT2D eigenvalue weighted by molar-refractivity contribution is 6.12. The number of rotatable bonds is 4. The van der Waals surface area contributed by atoms with Gasteiger partial charge in [-0.05, 0) is 104 Å². The normalized spacial score (nSPS) is 11.9. The summed E-state index contributed by atoms with van der Waals surface area (Å²) in [4.78, 5) is 24.3. The molecule has 0 bridgehead atoms. The third-order valence-electron chi connectivity index (χ3n) is 10.1. The van der Waals surface area contributed by atoms with Crippen molar-refractivity contribution in [2.45, 2.75) is 27.7 Å². The second kappa shape index (κ2) is 10.9. The van der Waals surface area contributed by atoms with Gasteiger partial charge in [0.25, 0.3) is 0 Å². The first-order chi connectivity index (χ1) is 24.9. The van der Waals surface area contributed by atoms with Gasteiger partial charge in [-0.25, -0.2) is 19.9 Å². The zero-order valence-electron chi connectivity index (χ0n) is 28.5. The molecule has 10 aromatic rings. The maximum atomic E-state index is 6.60. The van der Waals surface area contributed by atoms with Gasteiger partial charge in [-0.1, -0.05) is 36.4 Å². The maximum absolute atomic E-state index is 6.60. The van der Waals surface area contributed by atoms with E-state index in [9.17, 15) is 0 Å². The van der Waals surface area contributed by atoms with E-state index in [4.69, 9.17) is 14.7 Å². The van der Waals surface area contributed by atoms with E-state index < -0.39 is 0 Å². The monoisotopic (exact) mass is 661 g/mol. The van der Waals surface area contributed by atoms with Crippen molar-refractivity contribution in [1.29, 1.82) is 0 Å². The molecule has 0 aliphatic carbocycles. The number of nitrogens with zero attached hydrogens (tertiary/aromatic N) is 7. The lowest BCUT2D eigenvalue weighted by Gasteiger charge is -2.16. The molecule has 51 heavy (non-hydrogen) atoms. The number of hydrogen-bond acceptors (Lipinski definition) is 6. The number of ether oxygens (including phenoxy) is 1. The van der Waals surface area contributed by atoms with E-state index in [0.717, 1.165) is 77.6 Å². The van der Waals surface area contributed by atoms with Crippen molar-refractivity contribution < 1.29 is 4.74 Å². The molecule has 0 spiro atoms. The lowest BCUT2D eigenvalue weighted by molar-refractivity contribution is 0.484. The second-order valence-corrected chi connectivity index (χ2v) is 13.3. The standard InChI is InChI=1S/C43H31N7O/c1-24-7-5-8-25(2)37(24)35-16-15-32-30-13-11-28(21-33(30)41-47-23-36(50(41)42(32)48-35)38-26(3)9-6-10-27(38)4)51-29-12-14-31-34(22-29)40-46-19-20-49(40)43-39(31)44-17-18-45-43/h5-23H,1-4H3. The van der Waals surface area contributed by atoms with Crippen LogP contribution in [0.1, 0.15) is 22.3 Å². The number of pyridine rings is 3. The highest BCUT2D eigenvalue weighted by Gasteiger charge is 2.20. The molecule has 0 aliphatic rings. The van der Waals surface area contributed by atoms with Crippen molar-refractivity contribution in [3.05, 3.63) is 138 Å². The van der Waals surface area contributed by atoms with Crippen molar-refractivity contribution in [2.24, 2.45) is 0 Å². The third kappa shape index (κ3) is 4.36. The Bertz CT molecular complexity index is 3020. The Morgan fingerprint density at radius 2 is 1.14 bits per heavy atom. The smallest absolute Gasteiger partial charge is 0.165 e. The van der Waals surface area contributed by atoms with Gasteiger partial charge >= 0.3 is 0 Å². The molecule has 0 saturated carbocycles. The fourth-order valence-electron chi connectivity index (χ4n) is 7.83.